The number of aliphatic hydroxyl groups excluding tert-OH is 1. The number of rotatable bonds is 12. The summed E-state index contributed by atoms with van der Waals surface area (Å²) >= 11 is 0. The third-order valence-electron chi connectivity index (χ3n) is 5.22. The van der Waals surface area contributed by atoms with Crippen LogP contribution in [0.3, 0.4) is 0 Å². The molecule has 2 rings (SSSR count). The van der Waals surface area contributed by atoms with Gasteiger partial charge < -0.3 is 15.1 Å². The molecule has 0 spiro atoms. The molecule has 0 aliphatic carbocycles. The van der Waals surface area contributed by atoms with Crippen molar-refractivity contribution in [2.24, 2.45) is 0 Å². The van der Waals surface area contributed by atoms with Gasteiger partial charge in [-0.3, -0.25) is 9.59 Å². The number of hydrogen-bond acceptors (Lipinski definition) is 3. The minimum atomic E-state index is -0.753. The number of carboxylic acid groups (broad SMARTS) is 1. The summed E-state index contributed by atoms with van der Waals surface area (Å²) in [6.07, 6.45) is 12.7. The third kappa shape index (κ3) is 8.24. The number of nitrogens with zero attached hydrogens (tertiary/aromatic N) is 1. The molecule has 0 aromatic heterocycles. The smallest absolute Gasteiger partial charge is 0.303 e. The van der Waals surface area contributed by atoms with E-state index in [9.17, 15) is 14.7 Å². The van der Waals surface area contributed by atoms with E-state index in [2.05, 4.69) is 6.07 Å². The lowest BCUT2D eigenvalue weighted by Gasteiger charge is -2.22. The molecule has 1 fully saturated rings. The average Bonchev–Trinajstić information content (AvgIpc) is 3.03. The average molecular weight is 400 g/mol. The summed E-state index contributed by atoms with van der Waals surface area (Å²) in [5.74, 6) is -0.587. The molecular formula is C24H33NO4. The lowest BCUT2D eigenvalue weighted by molar-refractivity contribution is -0.137. The number of carboxylic acids is 1. The number of unbranched alkanes of at least 4 members (excludes halogenated alkanes) is 3. The van der Waals surface area contributed by atoms with E-state index in [1.165, 1.54) is 0 Å². The van der Waals surface area contributed by atoms with Crippen molar-refractivity contribution in [2.45, 2.75) is 70.4 Å². The maximum atomic E-state index is 12.2. The standard InChI is InChI=1S/C24H33NO4/c1-2-8-19-9-7-10-20(17-19)18-22(26)14-12-21-13-15-23(27)25(21)16-6-4-3-5-11-24(28)29/h2,7-10,12,14,17,21-22,26H,3-6,11,13,15-16,18H2,1H3,(H,28,29)/t21-,22+/m0/s1. The highest BCUT2D eigenvalue weighted by Crippen LogP contribution is 2.21. The molecule has 1 heterocycles. The van der Waals surface area contributed by atoms with E-state index in [0.717, 1.165) is 36.8 Å². The highest BCUT2D eigenvalue weighted by Gasteiger charge is 2.28. The first-order valence-electron chi connectivity index (χ1n) is 10.6. The zero-order valence-electron chi connectivity index (χ0n) is 17.3. The normalized spacial score (nSPS) is 18.2. The molecular weight excluding hydrogens is 366 g/mol. The minimum Gasteiger partial charge on any atom is -0.481 e. The Morgan fingerprint density at radius 2 is 2.07 bits per heavy atom. The zero-order chi connectivity index (χ0) is 21.1. The van der Waals surface area contributed by atoms with Gasteiger partial charge >= 0.3 is 5.97 Å². The van der Waals surface area contributed by atoms with E-state index in [0.29, 0.717) is 25.8 Å². The summed E-state index contributed by atoms with van der Waals surface area (Å²) in [4.78, 5) is 24.6. The van der Waals surface area contributed by atoms with Crippen molar-refractivity contribution in [3.8, 4) is 0 Å². The number of carbonyl (C=O) groups is 2. The molecule has 1 saturated heterocycles. The number of benzene rings is 1. The zero-order valence-corrected chi connectivity index (χ0v) is 17.3. The van der Waals surface area contributed by atoms with E-state index < -0.39 is 12.1 Å². The van der Waals surface area contributed by atoms with Crippen molar-refractivity contribution >= 4 is 18.0 Å². The second-order valence-corrected chi connectivity index (χ2v) is 7.65. The Morgan fingerprint density at radius 1 is 1.28 bits per heavy atom. The van der Waals surface area contributed by atoms with Gasteiger partial charge in [0.2, 0.25) is 5.91 Å². The van der Waals surface area contributed by atoms with Gasteiger partial charge in [-0.1, -0.05) is 61.4 Å². The van der Waals surface area contributed by atoms with Gasteiger partial charge in [0.25, 0.3) is 0 Å². The maximum Gasteiger partial charge on any atom is 0.303 e. The molecule has 5 nitrogen and oxygen atoms in total. The van der Waals surface area contributed by atoms with Gasteiger partial charge in [-0.15, -0.1) is 0 Å². The lowest BCUT2D eigenvalue weighted by Crippen LogP contribution is -2.32. The first kappa shape index (κ1) is 22.9. The lowest BCUT2D eigenvalue weighted by atomic mass is 10.0. The van der Waals surface area contributed by atoms with Gasteiger partial charge in [0.05, 0.1) is 12.1 Å². The summed E-state index contributed by atoms with van der Waals surface area (Å²) < 4.78 is 0. The van der Waals surface area contributed by atoms with Gasteiger partial charge in [0.15, 0.2) is 0 Å². The number of allylic oxidation sites excluding steroid dienone is 1. The molecule has 1 aliphatic rings. The predicted octanol–water partition coefficient (Wildman–Crippen LogP) is 4.21. The first-order chi connectivity index (χ1) is 14.0. The van der Waals surface area contributed by atoms with Crippen LogP contribution < -0.4 is 0 Å². The number of carbonyl (C=O) groups excluding carboxylic acids is 1. The van der Waals surface area contributed by atoms with Gasteiger partial charge in [0, 0.05) is 25.8 Å². The number of amides is 1. The maximum absolute atomic E-state index is 12.2. The van der Waals surface area contributed by atoms with Crippen molar-refractivity contribution in [2.75, 3.05) is 6.54 Å². The molecule has 2 atom stereocenters. The summed E-state index contributed by atoms with van der Waals surface area (Å²) in [5.41, 5.74) is 2.20. The Morgan fingerprint density at radius 3 is 2.83 bits per heavy atom. The Hall–Kier alpha value is -2.40. The van der Waals surface area contributed by atoms with Crippen molar-refractivity contribution in [3.63, 3.8) is 0 Å². The monoisotopic (exact) mass is 399 g/mol. The third-order valence-corrected chi connectivity index (χ3v) is 5.22. The van der Waals surface area contributed by atoms with Crippen LogP contribution >= 0.6 is 0 Å². The molecule has 1 aromatic rings. The van der Waals surface area contributed by atoms with Crippen LogP contribution in [0.2, 0.25) is 0 Å². The fraction of sp³-hybridized carbons (Fsp3) is 0.500. The van der Waals surface area contributed by atoms with Gasteiger partial charge in [-0.05, 0) is 37.3 Å². The Kier molecular flexibility index (Phi) is 9.65. The van der Waals surface area contributed by atoms with Crippen LogP contribution in [0.5, 0.6) is 0 Å². The van der Waals surface area contributed by atoms with Crippen LogP contribution in [-0.2, 0) is 16.0 Å². The van der Waals surface area contributed by atoms with Crippen molar-refractivity contribution < 1.29 is 19.8 Å². The quantitative estimate of drug-likeness (QED) is 0.408. The summed E-state index contributed by atoms with van der Waals surface area (Å²) in [6.45, 7) is 2.68. The van der Waals surface area contributed by atoms with Gasteiger partial charge in [-0.25, -0.2) is 0 Å². The predicted molar refractivity (Wildman–Crippen MR) is 115 cm³/mol. The number of aliphatic hydroxyl groups is 1. The van der Waals surface area contributed by atoms with E-state index in [4.69, 9.17) is 5.11 Å². The molecule has 0 unspecified atom stereocenters. The molecule has 0 radical (unpaired) electrons. The van der Waals surface area contributed by atoms with Crippen molar-refractivity contribution in [1.82, 2.24) is 4.90 Å². The molecule has 2 N–H and O–H groups in total. The molecule has 1 aliphatic heterocycles. The van der Waals surface area contributed by atoms with Crippen molar-refractivity contribution in [3.05, 3.63) is 53.6 Å². The van der Waals surface area contributed by atoms with Crippen LogP contribution in [-0.4, -0.2) is 45.7 Å². The van der Waals surface area contributed by atoms with Crippen LogP contribution in [0.1, 0.15) is 63.0 Å². The summed E-state index contributed by atoms with van der Waals surface area (Å²) in [5, 5.41) is 19.1. The summed E-state index contributed by atoms with van der Waals surface area (Å²) in [7, 11) is 0. The van der Waals surface area contributed by atoms with Crippen LogP contribution in [0.25, 0.3) is 6.08 Å². The highest BCUT2D eigenvalue weighted by atomic mass is 16.4. The second kappa shape index (κ2) is 12.2. The molecule has 5 heteroatoms. The second-order valence-electron chi connectivity index (χ2n) is 7.65. The fourth-order valence-electron chi connectivity index (χ4n) is 3.74. The van der Waals surface area contributed by atoms with E-state index in [-0.39, 0.29) is 18.4 Å². The van der Waals surface area contributed by atoms with E-state index >= 15 is 0 Å². The Balaban J connectivity index is 1.80. The molecule has 29 heavy (non-hydrogen) atoms. The first-order valence-corrected chi connectivity index (χ1v) is 10.6. The molecule has 0 saturated carbocycles. The summed E-state index contributed by atoms with van der Waals surface area (Å²) in [6, 6.07) is 8.17. The minimum absolute atomic E-state index is 0.0468. The number of hydrogen-bond donors (Lipinski definition) is 2. The van der Waals surface area contributed by atoms with Gasteiger partial charge in [0.1, 0.15) is 0 Å². The molecule has 1 aromatic carbocycles. The van der Waals surface area contributed by atoms with E-state index in [1.54, 1.807) is 0 Å². The number of likely N-dealkylation sites (tertiary alicyclic amines) is 1. The topological polar surface area (TPSA) is 77.8 Å². The fourth-order valence-corrected chi connectivity index (χ4v) is 3.74. The largest absolute Gasteiger partial charge is 0.481 e. The molecule has 158 valence electrons. The molecule has 0 bridgehead atoms. The number of aliphatic carboxylic acids is 1. The Labute approximate surface area is 173 Å². The SMILES string of the molecule is CC=Cc1cccc(C[C@H](O)C=C[C@H]2CCC(=O)N2CCCCCCC(=O)O)c1. The van der Waals surface area contributed by atoms with Crippen LogP contribution in [0, 0.1) is 0 Å². The van der Waals surface area contributed by atoms with Crippen molar-refractivity contribution in [1.29, 1.82) is 0 Å². The molecule has 1 amide bonds. The van der Waals surface area contributed by atoms with Crippen LogP contribution in [0.15, 0.2) is 42.5 Å². The highest BCUT2D eigenvalue weighted by molar-refractivity contribution is 5.79. The van der Waals surface area contributed by atoms with E-state index in [1.807, 2.05) is 54.3 Å². The van der Waals surface area contributed by atoms with Gasteiger partial charge in [-0.2, -0.15) is 0 Å². The Bertz CT molecular complexity index is 725. The van der Waals surface area contributed by atoms with Crippen LogP contribution in [0.4, 0.5) is 0 Å².